The van der Waals surface area contributed by atoms with Gasteiger partial charge in [0.2, 0.25) is 5.95 Å². The van der Waals surface area contributed by atoms with E-state index in [0.29, 0.717) is 10.8 Å². The summed E-state index contributed by atoms with van der Waals surface area (Å²) >= 11 is 1.22. The summed E-state index contributed by atoms with van der Waals surface area (Å²) in [7, 11) is 0. The van der Waals surface area contributed by atoms with Crippen LogP contribution in [0.3, 0.4) is 0 Å². The maximum absolute atomic E-state index is 12.5. The summed E-state index contributed by atoms with van der Waals surface area (Å²) in [6, 6.07) is 0.565. The van der Waals surface area contributed by atoms with E-state index in [1.807, 2.05) is 0 Å². The summed E-state index contributed by atoms with van der Waals surface area (Å²) in [6.07, 6.45) is -3.46. The third-order valence-electron chi connectivity index (χ3n) is 2.15. The minimum Gasteiger partial charge on any atom is -0.323 e. The van der Waals surface area contributed by atoms with E-state index < -0.39 is 11.9 Å². The van der Waals surface area contributed by atoms with Gasteiger partial charge < -0.3 is 11.1 Å². The normalized spacial score (nSPS) is 13.3. The fraction of sp³-hybridized carbons (Fsp3) is 0.300. The molecule has 0 saturated carbocycles. The molecule has 0 bridgehead atoms. The highest BCUT2D eigenvalue weighted by Gasteiger charge is 2.32. The van der Waals surface area contributed by atoms with Crippen molar-refractivity contribution >= 4 is 22.4 Å². The summed E-state index contributed by atoms with van der Waals surface area (Å²) < 4.78 is 37.4. The quantitative estimate of drug-likeness (QED) is 0.908. The lowest BCUT2D eigenvalue weighted by molar-refractivity contribution is -0.141. The van der Waals surface area contributed by atoms with Gasteiger partial charge in [-0.3, -0.25) is 0 Å². The second-order valence-corrected chi connectivity index (χ2v) is 4.61. The number of anilines is 2. The highest BCUT2D eigenvalue weighted by Crippen LogP contribution is 2.28. The van der Waals surface area contributed by atoms with Crippen molar-refractivity contribution in [3.8, 4) is 0 Å². The second-order valence-electron chi connectivity index (χ2n) is 3.75. The van der Waals surface area contributed by atoms with Crippen LogP contribution in [0.2, 0.25) is 0 Å². The highest BCUT2D eigenvalue weighted by atomic mass is 32.1. The zero-order valence-electron chi connectivity index (χ0n) is 9.77. The third kappa shape index (κ3) is 3.38. The Morgan fingerprint density at radius 3 is 2.68 bits per heavy atom. The molecular weight excluding hydrogens is 279 g/mol. The Hall–Kier alpha value is -1.74. The predicted molar refractivity (Wildman–Crippen MR) is 65.0 cm³/mol. The molecule has 0 fully saturated rings. The molecule has 0 amide bonds. The molecule has 0 saturated heterocycles. The van der Waals surface area contributed by atoms with Crippen molar-refractivity contribution in [1.82, 2.24) is 15.0 Å². The first-order valence-electron chi connectivity index (χ1n) is 5.24. The fourth-order valence-corrected chi connectivity index (χ4v) is 2.03. The zero-order valence-corrected chi connectivity index (χ0v) is 10.6. The lowest BCUT2D eigenvalue weighted by Crippen LogP contribution is -2.10. The number of halogens is 3. The monoisotopic (exact) mass is 289 g/mol. The first-order chi connectivity index (χ1) is 8.86. The minimum atomic E-state index is -4.50. The van der Waals surface area contributed by atoms with Gasteiger partial charge in [-0.05, 0) is 13.0 Å². The van der Waals surface area contributed by atoms with E-state index in [2.05, 4.69) is 20.3 Å². The molecule has 1 atom stereocenters. The Bertz CT molecular complexity index is 566. The SMILES string of the molecule is CC(N)c1csc(Nc2nccc(C(F)(F)F)n2)n1. The number of hydrogen-bond acceptors (Lipinski definition) is 6. The molecule has 5 nitrogen and oxygen atoms in total. The van der Waals surface area contributed by atoms with E-state index in [1.165, 1.54) is 11.3 Å². The summed E-state index contributed by atoms with van der Waals surface area (Å²) in [5.41, 5.74) is 5.28. The van der Waals surface area contributed by atoms with Gasteiger partial charge in [-0.2, -0.15) is 13.2 Å². The topological polar surface area (TPSA) is 76.7 Å². The second kappa shape index (κ2) is 5.10. The van der Waals surface area contributed by atoms with Crippen molar-refractivity contribution < 1.29 is 13.2 Å². The van der Waals surface area contributed by atoms with Crippen molar-refractivity contribution in [3.05, 3.63) is 29.0 Å². The molecule has 2 rings (SSSR count). The van der Waals surface area contributed by atoms with Crippen LogP contribution in [0.1, 0.15) is 24.4 Å². The van der Waals surface area contributed by atoms with Crippen LogP contribution in [-0.4, -0.2) is 15.0 Å². The summed E-state index contributed by atoms with van der Waals surface area (Å²) in [6.45, 7) is 1.76. The average Bonchev–Trinajstić information content (AvgIpc) is 2.77. The van der Waals surface area contributed by atoms with Crippen molar-refractivity contribution in [1.29, 1.82) is 0 Å². The number of thiazole rings is 1. The molecule has 0 aromatic carbocycles. The van der Waals surface area contributed by atoms with Crippen LogP contribution < -0.4 is 11.1 Å². The number of nitrogens with zero attached hydrogens (tertiary/aromatic N) is 3. The van der Waals surface area contributed by atoms with E-state index in [4.69, 9.17) is 5.73 Å². The van der Waals surface area contributed by atoms with E-state index in [1.54, 1.807) is 12.3 Å². The molecule has 2 aromatic rings. The van der Waals surface area contributed by atoms with Crippen LogP contribution >= 0.6 is 11.3 Å². The highest BCUT2D eigenvalue weighted by molar-refractivity contribution is 7.13. The number of hydrogen-bond donors (Lipinski definition) is 2. The number of aromatic nitrogens is 3. The van der Waals surface area contributed by atoms with Gasteiger partial charge in [0, 0.05) is 17.6 Å². The van der Waals surface area contributed by atoms with Crippen LogP contribution in [0.4, 0.5) is 24.3 Å². The Balaban J connectivity index is 2.19. The molecule has 0 aliphatic carbocycles. The summed E-state index contributed by atoms with van der Waals surface area (Å²) in [5.74, 6) is -0.152. The Morgan fingerprint density at radius 1 is 1.37 bits per heavy atom. The van der Waals surface area contributed by atoms with E-state index >= 15 is 0 Å². The van der Waals surface area contributed by atoms with E-state index in [0.717, 1.165) is 12.3 Å². The lowest BCUT2D eigenvalue weighted by atomic mass is 10.3. The van der Waals surface area contributed by atoms with Crippen molar-refractivity contribution in [2.24, 2.45) is 5.73 Å². The Labute approximate surface area is 110 Å². The molecule has 2 aromatic heterocycles. The predicted octanol–water partition coefficient (Wildman–Crippen LogP) is 2.72. The van der Waals surface area contributed by atoms with Gasteiger partial charge in [0.25, 0.3) is 0 Å². The number of alkyl halides is 3. The zero-order chi connectivity index (χ0) is 14.0. The maximum Gasteiger partial charge on any atom is 0.433 e. The van der Waals surface area contributed by atoms with Gasteiger partial charge in [-0.1, -0.05) is 0 Å². The van der Waals surface area contributed by atoms with E-state index in [9.17, 15) is 13.2 Å². The summed E-state index contributed by atoms with van der Waals surface area (Å²) in [5, 5.41) is 4.74. The van der Waals surface area contributed by atoms with Crippen molar-refractivity contribution in [2.75, 3.05) is 5.32 Å². The molecule has 0 spiro atoms. The Morgan fingerprint density at radius 2 is 2.11 bits per heavy atom. The van der Waals surface area contributed by atoms with Crippen LogP contribution in [-0.2, 0) is 6.18 Å². The van der Waals surface area contributed by atoms with E-state index in [-0.39, 0.29) is 12.0 Å². The summed E-state index contributed by atoms with van der Waals surface area (Å²) in [4.78, 5) is 11.2. The molecule has 0 aliphatic rings. The molecule has 1 unspecified atom stereocenters. The van der Waals surface area contributed by atoms with Crippen LogP contribution in [0.25, 0.3) is 0 Å². The van der Waals surface area contributed by atoms with Crippen LogP contribution in [0.15, 0.2) is 17.6 Å². The standard InChI is InChI=1S/C10H10F3N5S/c1-5(14)6-4-19-9(16-6)18-8-15-3-2-7(17-8)10(11,12)13/h2-5H,14H2,1H3,(H,15,16,17,18). The third-order valence-corrected chi connectivity index (χ3v) is 2.93. The number of rotatable bonds is 3. The first kappa shape index (κ1) is 13.7. The van der Waals surface area contributed by atoms with Crippen LogP contribution in [0, 0.1) is 0 Å². The fourth-order valence-electron chi connectivity index (χ4n) is 1.23. The lowest BCUT2D eigenvalue weighted by Gasteiger charge is -2.06. The van der Waals surface area contributed by atoms with Crippen molar-refractivity contribution in [3.63, 3.8) is 0 Å². The van der Waals surface area contributed by atoms with Gasteiger partial charge in [0.15, 0.2) is 5.13 Å². The first-order valence-corrected chi connectivity index (χ1v) is 6.12. The Kier molecular flexibility index (Phi) is 3.67. The molecule has 102 valence electrons. The molecule has 0 aliphatic heterocycles. The smallest absolute Gasteiger partial charge is 0.323 e. The minimum absolute atomic E-state index is 0.152. The maximum atomic E-state index is 12.5. The number of nitrogens with one attached hydrogen (secondary N) is 1. The van der Waals surface area contributed by atoms with Gasteiger partial charge in [0.05, 0.1) is 5.69 Å². The van der Waals surface area contributed by atoms with Crippen molar-refractivity contribution in [2.45, 2.75) is 19.1 Å². The van der Waals surface area contributed by atoms with Gasteiger partial charge in [0.1, 0.15) is 5.69 Å². The van der Waals surface area contributed by atoms with Gasteiger partial charge >= 0.3 is 6.18 Å². The van der Waals surface area contributed by atoms with Crippen LogP contribution in [0.5, 0.6) is 0 Å². The molecule has 2 heterocycles. The molecule has 9 heteroatoms. The molecule has 0 radical (unpaired) electrons. The molecular formula is C10H10F3N5S. The van der Waals surface area contributed by atoms with Gasteiger partial charge in [-0.25, -0.2) is 15.0 Å². The van der Waals surface area contributed by atoms with Gasteiger partial charge in [-0.15, -0.1) is 11.3 Å². The average molecular weight is 289 g/mol. The molecule has 3 N–H and O–H groups in total. The molecule has 19 heavy (non-hydrogen) atoms. The largest absolute Gasteiger partial charge is 0.433 e. The number of nitrogens with two attached hydrogens (primary N) is 1.